The summed E-state index contributed by atoms with van der Waals surface area (Å²) in [6, 6.07) is 26.2. The molecule has 32 heavy (non-hydrogen) atoms. The molecule has 0 atom stereocenters. The van der Waals surface area contributed by atoms with Crippen LogP contribution in [0, 0.1) is 11.3 Å². The number of anilines is 4. The average molecular weight is 419 g/mol. The van der Waals surface area contributed by atoms with Gasteiger partial charge in [0.15, 0.2) is 0 Å². The fraction of sp³-hybridized carbons (Fsp3) is 0.115. The van der Waals surface area contributed by atoms with Gasteiger partial charge in [-0.2, -0.15) is 10.2 Å². The second-order valence-corrected chi connectivity index (χ2v) is 7.75. The van der Waals surface area contributed by atoms with Crippen LogP contribution >= 0.6 is 0 Å². The van der Waals surface area contributed by atoms with Gasteiger partial charge in [-0.15, -0.1) is 0 Å². The Morgan fingerprint density at radius 2 is 1.72 bits per heavy atom. The molecule has 3 aromatic carbocycles. The quantitative estimate of drug-likeness (QED) is 0.385. The van der Waals surface area contributed by atoms with Crippen LogP contribution in [0.4, 0.5) is 23.1 Å². The lowest BCUT2D eigenvalue weighted by atomic mass is 10.0. The number of nitriles is 1. The molecule has 4 aromatic rings. The van der Waals surface area contributed by atoms with Gasteiger partial charge in [-0.3, -0.25) is 0 Å². The van der Waals surface area contributed by atoms with Crippen LogP contribution in [0.5, 0.6) is 0 Å². The molecule has 0 spiro atoms. The number of benzene rings is 3. The summed E-state index contributed by atoms with van der Waals surface area (Å²) in [5.74, 6) is 1.27. The number of hydrogen-bond acceptors (Lipinski definition) is 6. The van der Waals surface area contributed by atoms with E-state index in [9.17, 15) is 0 Å². The second-order valence-electron chi connectivity index (χ2n) is 7.75. The number of fused-ring (bicyclic) bond motifs is 2. The van der Waals surface area contributed by atoms with Crippen molar-refractivity contribution in [2.45, 2.75) is 13.3 Å². The van der Waals surface area contributed by atoms with Crippen LogP contribution in [0.1, 0.15) is 18.1 Å². The molecule has 2 heterocycles. The second kappa shape index (κ2) is 8.40. The van der Waals surface area contributed by atoms with E-state index in [2.05, 4.69) is 41.1 Å². The number of para-hydroxylation sites is 2. The summed E-state index contributed by atoms with van der Waals surface area (Å²) in [5, 5.41) is 20.2. The Bertz CT molecular complexity index is 1370. The third-order valence-electron chi connectivity index (χ3n) is 5.51. The minimum Gasteiger partial charge on any atom is -0.381 e. The van der Waals surface area contributed by atoms with Gasteiger partial charge >= 0.3 is 0 Å². The van der Waals surface area contributed by atoms with E-state index in [0.717, 1.165) is 51.5 Å². The summed E-state index contributed by atoms with van der Waals surface area (Å²) in [5.41, 5.74) is 7.22. The number of hydrogen-bond donors (Lipinski definition) is 3. The lowest BCUT2D eigenvalue weighted by molar-refractivity contribution is 1.16. The zero-order valence-corrected chi connectivity index (χ0v) is 17.7. The third-order valence-corrected chi connectivity index (χ3v) is 5.51. The highest BCUT2D eigenvalue weighted by atomic mass is 15.1. The van der Waals surface area contributed by atoms with Gasteiger partial charge in [0.2, 0.25) is 5.95 Å². The van der Waals surface area contributed by atoms with Crippen molar-refractivity contribution in [1.82, 2.24) is 9.97 Å². The fourth-order valence-electron chi connectivity index (χ4n) is 3.85. The Morgan fingerprint density at radius 3 is 2.56 bits per heavy atom. The molecule has 0 amide bonds. The predicted molar refractivity (Wildman–Crippen MR) is 130 cm³/mol. The summed E-state index contributed by atoms with van der Waals surface area (Å²) in [7, 11) is 0. The molecule has 1 aliphatic rings. The van der Waals surface area contributed by atoms with Crippen LogP contribution in [0.25, 0.3) is 16.6 Å². The number of rotatable bonds is 5. The maximum atomic E-state index is 8.87. The first-order valence-electron chi connectivity index (χ1n) is 10.5. The Kier molecular flexibility index (Phi) is 5.14. The lowest BCUT2D eigenvalue weighted by Crippen LogP contribution is -2.17. The molecule has 5 rings (SSSR count). The molecule has 156 valence electrons. The van der Waals surface area contributed by atoms with Gasteiger partial charge in [-0.05, 0) is 48.4 Å². The Hall–Kier alpha value is -4.37. The Morgan fingerprint density at radius 1 is 0.938 bits per heavy atom. The fourth-order valence-corrected chi connectivity index (χ4v) is 3.85. The highest BCUT2D eigenvalue weighted by Gasteiger charge is 2.18. The average Bonchev–Trinajstić information content (AvgIpc) is 2.82. The van der Waals surface area contributed by atoms with Crippen molar-refractivity contribution in [3.8, 4) is 6.07 Å². The van der Waals surface area contributed by atoms with Crippen molar-refractivity contribution in [3.05, 3.63) is 89.5 Å². The van der Waals surface area contributed by atoms with Crippen LogP contribution in [0.2, 0.25) is 0 Å². The SMILES string of the molecule is CC1=C(Nc2nc(Nc3ccc(CC#N)cc3)nc3ccccc23)c2ccccc2NC1. The van der Waals surface area contributed by atoms with E-state index in [4.69, 9.17) is 15.2 Å². The van der Waals surface area contributed by atoms with Gasteiger partial charge in [-0.25, -0.2) is 4.98 Å². The third kappa shape index (κ3) is 3.84. The smallest absolute Gasteiger partial charge is 0.229 e. The van der Waals surface area contributed by atoms with E-state index in [1.54, 1.807) is 0 Å². The highest BCUT2D eigenvalue weighted by Crippen LogP contribution is 2.33. The lowest BCUT2D eigenvalue weighted by Gasteiger charge is -2.24. The van der Waals surface area contributed by atoms with E-state index < -0.39 is 0 Å². The van der Waals surface area contributed by atoms with Gasteiger partial charge in [0.1, 0.15) is 5.82 Å². The van der Waals surface area contributed by atoms with Crippen molar-refractivity contribution in [3.63, 3.8) is 0 Å². The van der Waals surface area contributed by atoms with Crippen molar-refractivity contribution < 1.29 is 0 Å². The first-order chi connectivity index (χ1) is 15.7. The van der Waals surface area contributed by atoms with E-state index in [-0.39, 0.29) is 0 Å². The predicted octanol–water partition coefficient (Wildman–Crippen LogP) is 5.71. The van der Waals surface area contributed by atoms with Gasteiger partial charge in [0.05, 0.1) is 18.0 Å². The minimum absolute atomic E-state index is 0.394. The molecule has 6 nitrogen and oxygen atoms in total. The highest BCUT2D eigenvalue weighted by molar-refractivity contribution is 5.96. The molecule has 3 N–H and O–H groups in total. The van der Waals surface area contributed by atoms with Crippen LogP contribution < -0.4 is 16.0 Å². The summed E-state index contributed by atoms with van der Waals surface area (Å²) in [6.07, 6.45) is 0.394. The number of nitrogens with zero attached hydrogens (tertiary/aromatic N) is 3. The number of aromatic nitrogens is 2. The molecule has 0 radical (unpaired) electrons. The molecule has 0 aliphatic carbocycles. The molecular weight excluding hydrogens is 396 g/mol. The van der Waals surface area contributed by atoms with Crippen LogP contribution in [0.3, 0.4) is 0 Å². The summed E-state index contributed by atoms with van der Waals surface area (Å²) in [6.45, 7) is 2.90. The maximum absolute atomic E-state index is 8.87. The Labute approximate surface area is 186 Å². The van der Waals surface area contributed by atoms with Crippen molar-refractivity contribution in [2.24, 2.45) is 0 Å². The standard InChI is InChI=1S/C26H22N6/c1-17-16-28-22-8-4-2-6-20(22)24(17)31-25-21-7-3-5-9-23(21)30-26(32-25)29-19-12-10-18(11-13-19)14-15-27/h2-13,28H,14,16H2,1H3,(H2,29,30,31,32). The topological polar surface area (TPSA) is 85.7 Å². The molecular formula is C26H22N6. The van der Waals surface area contributed by atoms with Crippen molar-refractivity contribution in [2.75, 3.05) is 22.5 Å². The van der Waals surface area contributed by atoms with Crippen molar-refractivity contribution in [1.29, 1.82) is 5.26 Å². The van der Waals surface area contributed by atoms with Crippen LogP contribution in [-0.4, -0.2) is 16.5 Å². The first-order valence-corrected chi connectivity index (χ1v) is 10.5. The first kappa shape index (κ1) is 19.6. The van der Waals surface area contributed by atoms with Gasteiger partial charge in [-0.1, -0.05) is 42.5 Å². The summed E-state index contributed by atoms with van der Waals surface area (Å²) >= 11 is 0. The zero-order valence-electron chi connectivity index (χ0n) is 17.7. The number of nitrogens with one attached hydrogen (secondary N) is 3. The van der Waals surface area contributed by atoms with Crippen LogP contribution in [-0.2, 0) is 6.42 Å². The van der Waals surface area contributed by atoms with E-state index in [0.29, 0.717) is 12.4 Å². The van der Waals surface area contributed by atoms with Crippen LogP contribution in [0.15, 0.2) is 78.4 Å². The van der Waals surface area contributed by atoms with Crippen molar-refractivity contribution >= 4 is 39.7 Å². The van der Waals surface area contributed by atoms with Gasteiger partial charge < -0.3 is 16.0 Å². The summed E-state index contributed by atoms with van der Waals surface area (Å²) in [4.78, 5) is 9.52. The maximum Gasteiger partial charge on any atom is 0.229 e. The molecule has 1 aliphatic heterocycles. The van der Waals surface area contributed by atoms with E-state index in [1.807, 2.05) is 60.7 Å². The van der Waals surface area contributed by atoms with E-state index >= 15 is 0 Å². The molecule has 0 bridgehead atoms. The monoisotopic (exact) mass is 418 g/mol. The zero-order chi connectivity index (χ0) is 21.9. The Balaban J connectivity index is 1.52. The van der Waals surface area contributed by atoms with Gasteiger partial charge in [0, 0.05) is 34.6 Å². The van der Waals surface area contributed by atoms with E-state index in [1.165, 1.54) is 5.57 Å². The molecule has 0 fully saturated rings. The summed E-state index contributed by atoms with van der Waals surface area (Å²) < 4.78 is 0. The minimum atomic E-state index is 0.394. The molecule has 0 saturated heterocycles. The molecule has 6 heteroatoms. The van der Waals surface area contributed by atoms with Gasteiger partial charge in [0.25, 0.3) is 0 Å². The molecule has 1 aromatic heterocycles. The normalized spacial score (nSPS) is 12.6. The molecule has 0 saturated carbocycles. The molecule has 0 unspecified atom stereocenters. The largest absolute Gasteiger partial charge is 0.381 e.